The molecule has 0 radical (unpaired) electrons. The Morgan fingerprint density at radius 3 is 2.39 bits per heavy atom. The lowest BCUT2D eigenvalue weighted by Crippen LogP contribution is -2.24. The van der Waals surface area contributed by atoms with E-state index in [-0.39, 0.29) is 18.4 Å². The molecule has 0 saturated heterocycles. The topological polar surface area (TPSA) is 82.5 Å². The van der Waals surface area contributed by atoms with E-state index in [1.54, 1.807) is 24.4 Å². The summed E-state index contributed by atoms with van der Waals surface area (Å²) in [5.41, 5.74) is 4.50. The number of ether oxygens (including phenoxy) is 2. The van der Waals surface area contributed by atoms with Crippen LogP contribution in [0.1, 0.15) is 57.3 Å². The van der Waals surface area contributed by atoms with Gasteiger partial charge >= 0.3 is 5.97 Å². The average molecular weight is 421 g/mol. The van der Waals surface area contributed by atoms with Crippen molar-refractivity contribution in [2.24, 2.45) is 0 Å². The van der Waals surface area contributed by atoms with Crippen LogP contribution in [0.2, 0.25) is 0 Å². The molecule has 1 heterocycles. The van der Waals surface area contributed by atoms with Gasteiger partial charge < -0.3 is 14.8 Å². The monoisotopic (exact) mass is 421 g/mol. The first-order chi connectivity index (χ1) is 14.8. The summed E-state index contributed by atoms with van der Waals surface area (Å²) in [5, 5.41) is 7.38. The Balaban J connectivity index is 1.83. The molecular weight excluding hydrogens is 394 g/mol. The van der Waals surface area contributed by atoms with Gasteiger partial charge in [0.05, 0.1) is 37.4 Å². The predicted octanol–water partition coefficient (Wildman–Crippen LogP) is 4.03. The maximum atomic E-state index is 13.0. The number of benzene rings is 2. The highest BCUT2D eigenvalue weighted by molar-refractivity contribution is 5.95. The average Bonchev–Trinajstić information content (AvgIpc) is 3.23. The first kappa shape index (κ1) is 22.1. The Kier molecular flexibility index (Phi) is 6.74. The molecule has 162 valence electrons. The van der Waals surface area contributed by atoms with Gasteiger partial charge in [0.1, 0.15) is 11.3 Å². The molecule has 2 aromatic carbocycles. The van der Waals surface area contributed by atoms with E-state index in [1.807, 2.05) is 49.7 Å². The van der Waals surface area contributed by atoms with Crippen LogP contribution in [-0.2, 0) is 11.3 Å². The lowest BCUT2D eigenvalue weighted by Gasteiger charge is -2.14. The van der Waals surface area contributed by atoms with Gasteiger partial charge in [-0.3, -0.25) is 4.79 Å². The normalized spacial score (nSPS) is 10.8. The summed E-state index contributed by atoms with van der Waals surface area (Å²) in [4.78, 5) is 24.9. The van der Waals surface area contributed by atoms with E-state index in [9.17, 15) is 9.59 Å². The largest absolute Gasteiger partial charge is 0.496 e. The standard InChI is InChI=1S/C24H27N3O4/c1-15(2)22-20(14-26-27(22)18-9-6-16(3)7-10-18)23(28)25-13-17-8-11-21(30-4)19(12-17)24(29)31-5/h6-12,14-15H,13H2,1-5H3,(H,25,28). The predicted molar refractivity (Wildman–Crippen MR) is 118 cm³/mol. The van der Waals surface area contributed by atoms with E-state index < -0.39 is 5.97 Å². The molecule has 0 unspecified atom stereocenters. The molecule has 0 saturated carbocycles. The first-order valence-corrected chi connectivity index (χ1v) is 10.0. The number of methoxy groups -OCH3 is 2. The van der Waals surface area contributed by atoms with Crippen LogP contribution in [0.15, 0.2) is 48.7 Å². The summed E-state index contributed by atoms with van der Waals surface area (Å²) >= 11 is 0. The number of aryl methyl sites for hydroxylation is 1. The number of hydrogen-bond acceptors (Lipinski definition) is 5. The highest BCUT2D eigenvalue weighted by atomic mass is 16.5. The van der Waals surface area contributed by atoms with Gasteiger partial charge in [0.25, 0.3) is 5.91 Å². The van der Waals surface area contributed by atoms with Crippen molar-refractivity contribution in [3.8, 4) is 11.4 Å². The van der Waals surface area contributed by atoms with Crippen molar-refractivity contribution in [3.63, 3.8) is 0 Å². The van der Waals surface area contributed by atoms with Crippen molar-refractivity contribution in [3.05, 3.63) is 76.6 Å². The number of rotatable bonds is 7. The Morgan fingerprint density at radius 1 is 1.06 bits per heavy atom. The van der Waals surface area contributed by atoms with Crippen LogP contribution >= 0.6 is 0 Å². The Labute approximate surface area is 182 Å². The summed E-state index contributed by atoms with van der Waals surface area (Å²) in [6, 6.07) is 13.1. The van der Waals surface area contributed by atoms with Crippen LogP contribution in [0.4, 0.5) is 0 Å². The van der Waals surface area contributed by atoms with E-state index >= 15 is 0 Å². The van der Waals surface area contributed by atoms with E-state index in [0.29, 0.717) is 16.9 Å². The summed E-state index contributed by atoms with van der Waals surface area (Å²) < 4.78 is 11.8. The summed E-state index contributed by atoms with van der Waals surface area (Å²) in [5.74, 6) is -0.205. The second-order valence-corrected chi connectivity index (χ2v) is 7.55. The molecule has 1 aromatic heterocycles. The zero-order chi connectivity index (χ0) is 22.5. The lowest BCUT2D eigenvalue weighted by atomic mass is 10.0. The van der Waals surface area contributed by atoms with Crippen LogP contribution in [0.25, 0.3) is 5.69 Å². The minimum Gasteiger partial charge on any atom is -0.496 e. The molecule has 3 rings (SSSR count). The number of esters is 1. The first-order valence-electron chi connectivity index (χ1n) is 10.0. The molecule has 0 aliphatic rings. The maximum Gasteiger partial charge on any atom is 0.341 e. The fourth-order valence-corrected chi connectivity index (χ4v) is 3.39. The summed E-state index contributed by atoms with van der Waals surface area (Å²) in [6.07, 6.45) is 1.60. The molecular formula is C24H27N3O4. The van der Waals surface area contributed by atoms with Gasteiger partial charge in [-0.2, -0.15) is 5.10 Å². The zero-order valence-corrected chi connectivity index (χ0v) is 18.4. The molecule has 0 spiro atoms. The molecule has 3 aromatic rings. The smallest absolute Gasteiger partial charge is 0.341 e. The van der Waals surface area contributed by atoms with Crippen LogP contribution < -0.4 is 10.1 Å². The van der Waals surface area contributed by atoms with Crippen LogP contribution in [0.5, 0.6) is 5.75 Å². The van der Waals surface area contributed by atoms with Gasteiger partial charge in [-0.15, -0.1) is 0 Å². The quantitative estimate of drug-likeness (QED) is 0.583. The van der Waals surface area contributed by atoms with E-state index in [0.717, 1.165) is 22.5 Å². The van der Waals surface area contributed by atoms with Crippen molar-refractivity contribution >= 4 is 11.9 Å². The van der Waals surface area contributed by atoms with Crippen molar-refractivity contribution in [2.45, 2.75) is 33.2 Å². The molecule has 7 nitrogen and oxygen atoms in total. The number of aromatic nitrogens is 2. The summed E-state index contributed by atoms with van der Waals surface area (Å²) in [7, 11) is 2.80. The van der Waals surface area contributed by atoms with E-state index in [4.69, 9.17) is 9.47 Å². The number of carbonyl (C=O) groups is 2. The second-order valence-electron chi connectivity index (χ2n) is 7.55. The number of carbonyl (C=O) groups excluding carboxylic acids is 2. The van der Waals surface area contributed by atoms with E-state index in [2.05, 4.69) is 10.4 Å². The number of nitrogens with zero attached hydrogens (tertiary/aromatic N) is 2. The van der Waals surface area contributed by atoms with Crippen LogP contribution in [-0.4, -0.2) is 35.9 Å². The number of amides is 1. The molecule has 0 aliphatic heterocycles. The number of nitrogens with one attached hydrogen (secondary N) is 1. The molecule has 0 aliphatic carbocycles. The minimum absolute atomic E-state index is 0.0940. The highest BCUT2D eigenvalue weighted by Gasteiger charge is 2.21. The minimum atomic E-state index is -0.494. The Bertz CT molecular complexity index is 1080. The van der Waals surface area contributed by atoms with Gasteiger partial charge in [0.2, 0.25) is 0 Å². The van der Waals surface area contributed by atoms with Crippen molar-refractivity contribution in [1.29, 1.82) is 0 Å². The zero-order valence-electron chi connectivity index (χ0n) is 18.4. The molecule has 1 N–H and O–H groups in total. The van der Waals surface area contributed by atoms with Crippen LogP contribution in [0.3, 0.4) is 0 Å². The Hall–Kier alpha value is -3.61. The lowest BCUT2D eigenvalue weighted by molar-refractivity contribution is 0.0597. The molecule has 0 bridgehead atoms. The third-order valence-electron chi connectivity index (χ3n) is 5.00. The SMILES string of the molecule is COC(=O)c1cc(CNC(=O)c2cnn(-c3ccc(C)cc3)c2C(C)C)ccc1OC. The van der Waals surface area contributed by atoms with Crippen LogP contribution in [0, 0.1) is 6.92 Å². The molecule has 31 heavy (non-hydrogen) atoms. The van der Waals surface area contributed by atoms with Crippen molar-refractivity contribution in [2.75, 3.05) is 14.2 Å². The highest BCUT2D eigenvalue weighted by Crippen LogP contribution is 2.24. The maximum absolute atomic E-state index is 13.0. The molecule has 0 atom stereocenters. The molecule has 1 amide bonds. The third-order valence-corrected chi connectivity index (χ3v) is 5.00. The molecule has 0 fully saturated rings. The second kappa shape index (κ2) is 9.47. The van der Waals surface area contributed by atoms with Gasteiger partial charge in [0.15, 0.2) is 0 Å². The Morgan fingerprint density at radius 2 is 1.77 bits per heavy atom. The van der Waals surface area contributed by atoms with Crippen molar-refractivity contribution < 1.29 is 19.1 Å². The van der Waals surface area contributed by atoms with E-state index in [1.165, 1.54) is 14.2 Å². The van der Waals surface area contributed by atoms with Gasteiger partial charge in [0, 0.05) is 6.54 Å². The fourth-order valence-electron chi connectivity index (χ4n) is 3.39. The third kappa shape index (κ3) is 4.77. The van der Waals surface area contributed by atoms with Gasteiger partial charge in [-0.1, -0.05) is 37.6 Å². The van der Waals surface area contributed by atoms with Crippen molar-refractivity contribution in [1.82, 2.24) is 15.1 Å². The fraction of sp³-hybridized carbons (Fsp3) is 0.292. The van der Waals surface area contributed by atoms with Gasteiger partial charge in [-0.05, 0) is 42.7 Å². The molecule has 7 heteroatoms. The van der Waals surface area contributed by atoms with Gasteiger partial charge in [-0.25, -0.2) is 9.48 Å². The summed E-state index contributed by atoms with van der Waals surface area (Å²) in [6.45, 7) is 6.34. The number of hydrogen-bond donors (Lipinski definition) is 1.